The fraction of sp³-hybridized carbons (Fsp3) is 0.0769. The minimum atomic E-state index is -3.74. The highest BCUT2D eigenvalue weighted by atomic mass is 79.9. The summed E-state index contributed by atoms with van der Waals surface area (Å²) in [5, 5.41) is 5.03. The lowest BCUT2D eigenvalue weighted by molar-refractivity contribution is 0.0992. The number of benzene rings is 1. The van der Waals surface area contributed by atoms with Crippen LogP contribution in [0.2, 0.25) is 0 Å². The summed E-state index contributed by atoms with van der Waals surface area (Å²) >= 11 is 3.25. The predicted octanol–water partition coefficient (Wildman–Crippen LogP) is 1.77. The summed E-state index contributed by atoms with van der Waals surface area (Å²) in [7, 11) is -2.15. The number of hydrogen-bond donors (Lipinski definition) is 1. The van der Waals surface area contributed by atoms with Crippen LogP contribution in [0.3, 0.4) is 0 Å². The van der Waals surface area contributed by atoms with Crippen LogP contribution in [0.25, 0.3) is 0 Å². The Bertz CT molecular complexity index is 776. The fourth-order valence-electron chi connectivity index (χ4n) is 1.70. The highest BCUT2D eigenvalue weighted by molar-refractivity contribution is 9.10. The third-order valence-corrected chi connectivity index (χ3v) is 4.17. The lowest BCUT2D eigenvalue weighted by Crippen LogP contribution is -2.26. The van der Waals surface area contributed by atoms with Gasteiger partial charge in [0.1, 0.15) is 0 Å². The minimum Gasteiger partial charge on any atom is -0.311 e. The van der Waals surface area contributed by atoms with Crippen molar-refractivity contribution in [3.63, 3.8) is 0 Å². The van der Waals surface area contributed by atoms with Crippen molar-refractivity contribution in [1.29, 1.82) is 0 Å². The number of sulfonamides is 1. The molecule has 0 radical (unpaired) electrons. The molecule has 110 valence electrons. The molecule has 1 aromatic heterocycles. The van der Waals surface area contributed by atoms with Crippen molar-refractivity contribution >= 4 is 37.5 Å². The molecule has 21 heavy (non-hydrogen) atoms. The van der Waals surface area contributed by atoms with Crippen molar-refractivity contribution in [2.75, 3.05) is 11.9 Å². The van der Waals surface area contributed by atoms with Gasteiger partial charge in [-0.15, -0.1) is 0 Å². The maximum atomic E-state index is 12.3. The van der Waals surface area contributed by atoms with Crippen molar-refractivity contribution in [2.45, 2.75) is 4.90 Å². The number of amides is 1. The number of anilines is 1. The highest BCUT2D eigenvalue weighted by Gasteiger charge is 2.15. The molecule has 0 aliphatic rings. The first kappa shape index (κ1) is 15.6. The molecule has 1 amide bonds. The second-order valence-corrected chi connectivity index (χ2v) is 6.77. The van der Waals surface area contributed by atoms with Gasteiger partial charge in [-0.25, -0.2) is 13.6 Å². The summed E-state index contributed by atoms with van der Waals surface area (Å²) in [6.07, 6.45) is 3.04. The van der Waals surface area contributed by atoms with Crippen LogP contribution in [0.15, 0.2) is 52.1 Å². The van der Waals surface area contributed by atoms with Crippen LogP contribution in [-0.4, -0.2) is 26.4 Å². The summed E-state index contributed by atoms with van der Waals surface area (Å²) in [5.41, 5.74) is 0.967. The molecular weight excluding hydrogens is 358 g/mol. The fourth-order valence-corrected chi connectivity index (χ4v) is 2.58. The van der Waals surface area contributed by atoms with Crippen LogP contribution in [0.4, 0.5) is 5.69 Å². The number of aromatic nitrogens is 1. The van der Waals surface area contributed by atoms with Gasteiger partial charge in [0.15, 0.2) is 0 Å². The van der Waals surface area contributed by atoms with E-state index in [1.54, 1.807) is 19.3 Å². The van der Waals surface area contributed by atoms with Crippen molar-refractivity contribution in [3.05, 3.63) is 52.8 Å². The third-order valence-electron chi connectivity index (χ3n) is 2.81. The zero-order valence-corrected chi connectivity index (χ0v) is 13.4. The summed E-state index contributed by atoms with van der Waals surface area (Å²) in [4.78, 5) is 17.6. The van der Waals surface area contributed by atoms with E-state index in [0.29, 0.717) is 15.7 Å². The largest absolute Gasteiger partial charge is 0.311 e. The molecule has 0 bridgehead atoms. The molecule has 2 aromatic rings. The SMILES string of the molecule is CN(C(=O)c1cncc(Br)c1)c1ccc(S(N)(=O)=O)cc1. The van der Waals surface area contributed by atoms with Gasteiger partial charge in [-0.3, -0.25) is 9.78 Å². The number of nitrogens with two attached hydrogens (primary N) is 1. The quantitative estimate of drug-likeness (QED) is 0.891. The topological polar surface area (TPSA) is 93.4 Å². The Balaban J connectivity index is 2.28. The normalized spacial score (nSPS) is 11.2. The molecule has 6 nitrogen and oxygen atoms in total. The van der Waals surface area contributed by atoms with E-state index in [0.717, 1.165) is 0 Å². The minimum absolute atomic E-state index is 0.00350. The van der Waals surface area contributed by atoms with Crippen molar-refractivity contribution in [3.8, 4) is 0 Å². The number of carbonyl (C=O) groups excluding carboxylic acids is 1. The zero-order valence-electron chi connectivity index (χ0n) is 11.0. The first-order valence-corrected chi connectivity index (χ1v) is 8.14. The molecule has 0 atom stereocenters. The number of nitrogens with zero attached hydrogens (tertiary/aromatic N) is 2. The monoisotopic (exact) mass is 369 g/mol. The Labute approximate surface area is 130 Å². The molecule has 2 N–H and O–H groups in total. The van der Waals surface area contributed by atoms with Gasteiger partial charge in [0, 0.05) is 29.6 Å². The van der Waals surface area contributed by atoms with Crippen molar-refractivity contribution in [1.82, 2.24) is 4.98 Å². The van der Waals surface area contributed by atoms with E-state index >= 15 is 0 Å². The van der Waals surface area contributed by atoms with Gasteiger partial charge in [-0.2, -0.15) is 0 Å². The number of carbonyl (C=O) groups is 1. The maximum Gasteiger partial charge on any atom is 0.259 e. The second kappa shape index (κ2) is 5.92. The molecule has 0 spiro atoms. The first-order valence-electron chi connectivity index (χ1n) is 5.80. The van der Waals surface area contributed by atoms with E-state index in [9.17, 15) is 13.2 Å². The molecule has 0 saturated heterocycles. The average molecular weight is 370 g/mol. The molecule has 1 aromatic carbocycles. The average Bonchev–Trinajstić information content (AvgIpc) is 2.45. The molecule has 8 heteroatoms. The maximum absolute atomic E-state index is 12.3. The van der Waals surface area contributed by atoms with Crippen LogP contribution < -0.4 is 10.0 Å². The standard InChI is InChI=1S/C13H12BrN3O3S/c1-17(13(18)9-6-10(14)8-16-7-9)11-2-4-12(5-3-11)21(15,19)20/h2-8H,1H3,(H2,15,19,20). The Morgan fingerprint density at radius 3 is 2.38 bits per heavy atom. The van der Waals surface area contributed by atoms with E-state index in [4.69, 9.17) is 5.14 Å². The van der Waals surface area contributed by atoms with Crippen LogP contribution in [0, 0.1) is 0 Å². The molecule has 0 saturated carbocycles. The third kappa shape index (κ3) is 3.66. The lowest BCUT2D eigenvalue weighted by atomic mass is 10.2. The number of rotatable bonds is 3. The van der Waals surface area contributed by atoms with Gasteiger partial charge in [-0.05, 0) is 46.3 Å². The Hall–Kier alpha value is -1.77. The number of pyridine rings is 1. The lowest BCUT2D eigenvalue weighted by Gasteiger charge is -2.17. The predicted molar refractivity (Wildman–Crippen MR) is 82.5 cm³/mol. The van der Waals surface area contributed by atoms with Gasteiger partial charge in [0.2, 0.25) is 10.0 Å². The van der Waals surface area contributed by atoms with E-state index in [-0.39, 0.29) is 10.8 Å². The Kier molecular flexibility index (Phi) is 4.40. The molecule has 2 rings (SSSR count). The van der Waals surface area contributed by atoms with Gasteiger partial charge in [0.05, 0.1) is 10.5 Å². The molecular formula is C13H12BrN3O3S. The van der Waals surface area contributed by atoms with Gasteiger partial charge in [0.25, 0.3) is 5.91 Å². The van der Waals surface area contributed by atoms with Crippen LogP contribution in [0.1, 0.15) is 10.4 Å². The first-order chi connectivity index (χ1) is 9.79. The van der Waals surface area contributed by atoms with E-state index in [1.165, 1.54) is 35.4 Å². The zero-order chi connectivity index (χ0) is 15.6. The molecule has 0 unspecified atom stereocenters. The van der Waals surface area contributed by atoms with E-state index < -0.39 is 10.0 Å². The van der Waals surface area contributed by atoms with Crippen LogP contribution >= 0.6 is 15.9 Å². The van der Waals surface area contributed by atoms with Gasteiger partial charge < -0.3 is 4.90 Å². The smallest absolute Gasteiger partial charge is 0.259 e. The number of primary sulfonamides is 1. The molecule has 0 aliphatic carbocycles. The molecule has 0 aliphatic heterocycles. The van der Waals surface area contributed by atoms with Crippen molar-refractivity contribution in [2.24, 2.45) is 5.14 Å². The second-order valence-electron chi connectivity index (χ2n) is 4.29. The summed E-state index contributed by atoms with van der Waals surface area (Å²) in [6, 6.07) is 7.40. The Morgan fingerprint density at radius 2 is 1.86 bits per heavy atom. The van der Waals surface area contributed by atoms with E-state index in [2.05, 4.69) is 20.9 Å². The van der Waals surface area contributed by atoms with Gasteiger partial charge in [-0.1, -0.05) is 0 Å². The number of halogens is 1. The molecule has 1 heterocycles. The van der Waals surface area contributed by atoms with Crippen molar-refractivity contribution < 1.29 is 13.2 Å². The Morgan fingerprint density at radius 1 is 1.24 bits per heavy atom. The van der Waals surface area contributed by atoms with E-state index in [1.807, 2.05) is 0 Å². The van der Waals surface area contributed by atoms with Gasteiger partial charge >= 0.3 is 0 Å². The van der Waals surface area contributed by atoms with Crippen LogP contribution in [-0.2, 0) is 10.0 Å². The number of hydrogen-bond acceptors (Lipinski definition) is 4. The highest BCUT2D eigenvalue weighted by Crippen LogP contribution is 2.19. The summed E-state index contributed by atoms with van der Waals surface area (Å²) in [5.74, 6) is -0.257. The molecule has 0 fully saturated rings. The summed E-state index contributed by atoms with van der Waals surface area (Å²) in [6.45, 7) is 0. The van der Waals surface area contributed by atoms with Crippen LogP contribution in [0.5, 0.6) is 0 Å². The summed E-state index contributed by atoms with van der Waals surface area (Å²) < 4.78 is 23.1.